The molecule has 0 aliphatic carbocycles. The number of urea groups is 1. The highest BCUT2D eigenvalue weighted by Crippen LogP contribution is 2.20. The van der Waals surface area contributed by atoms with Gasteiger partial charge in [0.2, 0.25) is 5.89 Å². The van der Waals surface area contributed by atoms with Gasteiger partial charge in [-0.3, -0.25) is 9.79 Å². The highest BCUT2D eigenvalue weighted by atomic mass is 16.5. The molecule has 16 heteroatoms. The monoisotopic (exact) mass is 480 g/mol. The number of carbonyl (C=O) groups is 3. The largest absolute Gasteiger partial charge is 0.481 e. The van der Waals surface area contributed by atoms with Crippen molar-refractivity contribution in [3.63, 3.8) is 0 Å². The number of aromatic amines is 1. The lowest BCUT2D eigenvalue weighted by molar-refractivity contribution is -0.139. The van der Waals surface area contributed by atoms with Crippen LogP contribution in [0.5, 0.6) is 0 Å². The van der Waals surface area contributed by atoms with Gasteiger partial charge in [-0.1, -0.05) is 5.16 Å². The summed E-state index contributed by atoms with van der Waals surface area (Å²) in [5, 5.41) is 27.0. The van der Waals surface area contributed by atoms with E-state index >= 15 is 0 Å². The number of carboxylic acid groups (broad SMARTS) is 2. The predicted octanol–water partition coefficient (Wildman–Crippen LogP) is -1.25. The molecule has 0 saturated heterocycles. The fourth-order valence-corrected chi connectivity index (χ4v) is 2.88. The molecule has 0 fully saturated rings. The first-order valence-electron chi connectivity index (χ1n) is 10.3. The molecule has 0 unspecified atom stereocenters. The van der Waals surface area contributed by atoms with E-state index in [9.17, 15) is 19.5 Å². The fourth-order valence-electron chi connectivity index (χ4n) is 2.88. The van der Waals surface area contributed by atoms with E-state index in [4.69, 9.17) is 26.8 Å². The van der Waals surface area contributed by atoms with E-state index in [1.54, 1.807) is 0 Å². The minimum Gasteiger partial charge on any atom is -0.481 e. The molecular weight excluding hydrogens is 452 g/mol. The lowest BCUT2D eigenvalue weighted by Gasteiger charge is -2.18. The van der Waals surface area contributed by atoms with Crippen molar-refractivity contribution in [2.75, 3.05) is 6.54 Å². The summed E-state index contributed by atoms with van der Waals surface area (Å²) in [6.45, 7) is 0.263. The molecule has 11 N–H and O–H groups in total. The SMILES string of the molecule is NC(N)=NCCC[C@H](NC(=O)N[C@@H](Cc1cnc[nH]1)C(=O)O)c1nc([C@@H](N)CCC(=O)O)no1. The molecule has 186 valence electrons. The summed E-state index contributed by atoms with van der Waals surface area (Å²) in [4.78, 5) is 49.5. The van der Waals surface area contributed by atoms with Crippen molar-refractivity contribution in [2.45, 2.75) is 50.2 Å². The number of aliphatic carboxylic acids is 2. The molecule has 0 aliphatic heterocycles. The van der Waals surface area contributed by atoms with Crippen LogP contribution >= 0.6 is 0 Å². The summed E-state index contributed by atoms with van der Waals surface area (Å²) < 4.78 is 5.23. The summed E-state index contributed by atoms with van der Waals surface area (Å²) >= 11 is 0. The Hall–Kier alpha value is -4.21. The highest BCUT2D eigenvalue weighted by molar-refractivity contribution is 5.82. The van der Waals surface area contributed by atoms with Crippen molar-refractivity contribution in [3.8, 4) is 0 Å². The third-order valence-corrected chi connectivity index (χ3v) is 4.59. The number of hydrogen-bond acceptors (Lipinski definition) is 9. The van der Waals surface area contributed by atoms with E-state index in [1.807, 2.05) is 0 Å². The van der Waals surface area contributed by atoms with Crippen LogP contribution in [0.25, 0.3) is 0 Å². The molecule has 2 heterocycles. The first kappa shape index (κ1) is 26.0. The van der Waals surface area contributed by atoms with Gasteiger partial charge in [-0.05, 0) is 19.3 Å². The summed E-state index contributed by atoms with van der Waals surface area (Å²) in [7, 11) is 0. The Bertz CT molecular complexity index is 972. The molecule has 2 rings (SSSR count). The number of aromatic nitrogens is 4. The maximum Gasteiger partial charge on any atom is 0.326 e. The zero-order valence-electron chi connectivity index (χ0n) is 18.2. The van der Waals surface area contributed by atoms with E-state index in [-0.39, 0.29) is 49.9 Å². The molecule has 0 spiro atoms. The number of H-pyrrole nitrogens is 1. The normalized spacial score (nSPS) is 13.4. The number of hydrogen-bond donors (Lipinski definition) is 8. The lowest BCUT2D eigenvalue weighted by Crippen LogP contribution is -2.48. The van der Waals surface area contributed by atoms with Crippen LogP contribution in [0, 0.1) is 0 Å². The molecule has 3 atom stereocenters. The molecule has 2 amide bonds. The Morgan fingerprint density at radius 1 is 1.21 bits per heavy atom. The fraction of sp³-hybridized carbons (Fsp3) is 0.500. The molecule has 0 aliphatic rings. The Labute approximate surface area is 193 Å². The topological polar surface area (TPSA) is 274 Å². The van der Waals surface area contributed by atoms with Crippen molar-refractivity contribution < 1.29 is 29.1 Å². The van der Waals surface area contributed by atoms with Crippen molar-refractivity contribution in [3.05, 3.63) is 29.9 Å². The van der Waals surface area contributed by atoms with Crippen LogP contribution in [0.3, 0.4) is 0 Å². The molecule has 0 saturated carbocycles. The third-order valence-electron chi connectivity index (χ3n) is 4.59. The van der Waals surface area contributed by atoms with Gasteiger partial charge in [0.15, 0.2) is 11.8 Å². The van der Waals surface area contributed by atoms with Crippen LogP contribution < -0.4 is 27.8 Å². The molecule has 0 aromatic carbocycles. The van der Waals surface area contributed by atoms with Crippen LogP contribution in [-0.2, 0) is 16.0 Å². The quantitative estimate of drug-likeness (QED) is 0.0894. The zero-order chi connectivity index (χ0) is 25.1. The number of nitrogens with one attached hydrogen (secondary N) is 3. The van der Waals surface area contributed by atoms with Gasteiger partial charge in [0.1, 0.15) is 12.1 Å². The number of amides is 2. The highest BCUT2D eigenvalue weighted by Gasteiger charge is 2.26. The van der Waals surface area contributed by atoms with E-state index in [2.05, 4.69) is 35.7 Å². The predicted molar refractivity (Wildman–Crippen MR) is 116 cm³/mol. The Morgan fingerprint density at radius 2 is 1.97 bits per heavy atom. The van der Waals surface area contributed by atoms with E-state index < -0.39 is 36.1 Å². The number of imidazole rings is 1. The maximum atomic E-state index is 12.6. The van der Waals surface area contributed by atoms with Crippen molar-refractivity contribution >= 4 is 23.9 Å². The summed E-state index contributed by atoms with van der Waals surface area (Å²) in [6, 6.07) is -3.61. The lowest BCUT2D eigenvalue weighted by atomic mass is 10.1. The number of nitrogens with two attached hydrogens (primary N) is 3. The number of guanidine groups is 1. The molecular formula is C18H28N10O6. The molecule has 34 heavy (non-hydrogen) atoms. The van der Waals surface area contributed by atoms with Crippen LogP contribution in [0.1, 0.15) is 55.2 Å². The molecule has 16 nitrogen and oxygen atoms in total. The molecule has 0 bridgehead atoms. The molecule has 2 aromatic rings. The van der Waals surface area contributed by atoms with Crippen molar-refractivity contribution in [2.24, 2.45) is 22.2 Å². The summed E-state index contributed by atoms with van der Waals surface area (Å²) in [6.07, 6.45) is 3.44. The summed E-state index contributed by atoms with van der Waals surface area (Å²) in [5.74, 6) is -2.25. The van der Waals surface area contributed by atoms with Gasteiger partial charge in [0.05, 0.1) is 12.4 Å². The smallest absolute Gasteiger partial charge is 0.326 e. The Morgan fingerprint density at radius 3 is 2.59 bits per heavy atom. The first-order chi connectivity index (χ1) is 16.2. The maximum absolute atomic E-state index is 12.6. The number of carbonyl (C=O) groups excluding carboxylic acids is 1. The Balaban J connectivity index is 2.08. The number of nitrogens with zero attached hydrogens (tertiary/aromatic N) is 4. The minimum atomic E-state index is -1.24. The van der Waals surface area contributed by atoms with Crippen molar-refractivity contribution in [1.29, 1.82) is 0 Å². The average molecular weight is 480 g/mol. The van der Waals surface area contributed by atoms with Gasteiger partial charge in [-0.15, -0.1) is 0 Å². The Kier molecular flexibility index (Phi) is 9.75. The second-order valence-corrected chi connectivity index (χ2v) is 7.32. The third kappa shape index (κ3) is 8.73. The molecule has 2 aromatic heterocycles. The van der Waals surface area contributed by atoms with Crippen LogP contribution in [0.15, 0.2) is 22.0 Å². The molecule has 0 radical (unpaired) electrons. The van der Waals surface area contributed by atoms with E-state index in [0.717, 1.165) is 0 Å². The standard InChI is InChI=1S/C18H28N10O6/c19-10(3-4-13(29)30)14-27-15(34-28-14)11(2-1-5-23-17(20)21)25-18(33)26-12(16(31)32)6-9-7-22-8-24-9/h7-8,10-12H,1-6,19H2,(H,22,24)(H,29,30)(H,31,32)(H4,20,21,23)(H2,25,26,33)/t10-,11-,12-/m0/s1. The second-order valence-electron chi connectivity index (χ2n) is 7.32. The van der Waals surface area contributed by atoms with E-state index in [0.29, 0.717) is 12.1 Å². The summed E-state index contributed by atoms with van der Waals surface area (Å²) in [5.41, 5.74) is 17.1. The van der Waals surface area contributed by atoms with Crippen LogP contribution in [0.4, 0.5) is 4.79 Å². The van der Waals surface area contributed by atoms with E-state index in [1.165, 1.54) is 12.5 Å². The number of carboxylic acids is 2. The average Bonchev–Trinajstić information content (AvgIpc) is 3.45. The number of aliphatic imine (C=N–C) groups is 1. The van der Waals surface area contributed by atoms with Crippen LogP contribution in [0.2, 0.25) is 0 Å². The van der Waals surface area contributed by atoms with Gasteiger partial charge in [-0.2, -0.15) is 4.98 Å². The first-order valence-corrected chi connectivity index (χ1v) is 10.3. The van der Waals surface area contributed by atoms with Gasteiger partial charge < -0.3 is 47.6 Å². The van der Waals surface area contributed by atoms with Gasteiger partial charge in [0, 0.05) is 31.3 Å². The van der Waals surface area contributed by atoms with Gasteiger partial charge >= 0.3 is 18.0 Å². The van der Waals surface area contributed by atoms with Gasteiger partial charge in [-0.25, -0.2) is 14.6 Å². The second kappa shape index (κ2) is 12.7. The van der Waals surface area contributed by atoms with Crippen LogP contribution in [-0.4, -0.2) is 66.8 Å². The van der Waals surface area contributed by atoms with Crippen molar-refractivity contribution in [1.82, 2.24) is 30.7 Å². The van der Waals surface area contributed by atoms with Gasteiger partial charge in [0.25, 0.3) is 0 Å². The zero-order valence-corrected chi connectivity index (χ0v) is 18.2. The minimum absolute atomic E-state index is 0.0128. The number of rotatable bonds is 14.